The zero-order chi connectivity index (χ0) is 10.2. The summed E-state index contributed by atoms with van der Waals surface area (Å²) in [4.78, 5) is 11.3. The molecule has 2 rings (SSSR count). The van der Waals surface area contributed by atoms with Crippen LogP contribution in [0.15, 0.2) is 35.2 Å². The number of alkyl halides is 1. The maximum Gasteiger partial charge on any atom is 0.310 e. The lowest BCUT2D eigenvalue weighted by molar-refractivity contribution is -0.139. The predicted octanol–water partition coefficient (Wildman–Crippen LogP) is 2.55. The molecule has 74 valence electrons. The summed E-state index contributed by atoms with van der Waals surface area (Å²) in [6.45, 7) is 0. The van der Waals surface area contributed by atoms with Gasteiger partial charge < -0.3 is 5.11 Å². The van der Waals surface area contributed by atoms with E-state index < -0.39 is 16.9 Å². The minimum Gasteiger partial charge on any atom is -0.481 e. The number of carbonyl (C=O) groups is 1. The zero-order valence-electron chi connectivity index (χ0n) is 7.31. The van der Waals surface area contributed by atoms with Crippen LogP contribution in [0.3, 0.4) is 0 Å². The highest BCUT2D eigenvalue weighted by atomic mass is 32.2. The van der Waals surface area contributed by atoms with Gasteiger partial charge >= 0.3 is 5.97 Å². The topological polar surface area (TPSA) is 37.3 Å². The minimum atomic E-state index is -1.59. The molecule has 2 unspecified atom stereocenters. The molecule has 1 aromatic rings. The molecule has 1 aliphatic carbocycles. The molecule has 4 heteroatoms. The first-order valence-electron chi connectivity index (χ1n) is 4.27. The zero-order valence-corrected chi connectivity index (χ0v) is 8.13. The standard InChI is InChI=1S/C10H9FO2S/c11-10(6-8(10)9(12)13)14-7-4-2-1-3-5-7/h1-5,8H,6H2,(H,12,13). The van der Waals surface area contributed by atoms with E-state index in [1.807, 2.05) is 18.2 Å². The van der Waals surface area contributed by atoms with E-state index in [0.29, 0.717) is 0 Å². The van der Waals surface area contributed by atoms with Gasteiger partial charge in [-0.25, -0.2) is 4.39 Å². The molecule has 0 aliphatic heterocycles. The molecule has 1 saturated carbocycles. The first-order chi connectivity index (χ1) is 6.62. The number of rotatable bonds is 3. The number of benzene rings is 1. The lowest BCUT2D eigenvalue weighted by atomic mass is 10.4. The van der Waals surface area contributed by atoms with E-state index in [1.54, 1.807) is 12.1 Å². The van der Waals surface area contributed by atoms with Crippen molar-refractivity contribution in [2.75, 3.05) is 0 Å². The number of halogens is 1. The fourth-order valence-corrected chi connectivity index (χ4v) is 2.47. The summed E-state index contributed by atoms with van der Waals surface area (Å²) in [5.41, 5.74) is 0. The normalized spacial score (nSPS) is 29.9. The van der Waals surface area contributed by atoms with Gasteiger partial charge in [-0.1, -0.05) is 30.0 Å². The Morgan fingerprint density at radius 2 is 2.14 bits per heavy atom. The van der Waals surface area contributed by atoms with E-state index in [0.717, 1.165) is 16.7 Å². The minimum absolute atomic E-state index is 0.113. The molecule has 1 fully saturated rings. The molecule has 0 radical (unpaired) electrons. The predicted molar refractivity (Wildman–Crippen MR) is 51.9 cm³/mol. The van der Waals surface area contributed by atoms with E-state index in [1.165, 1.54) is 0 Å². The van der Waals surface area contributed by atoms with Gasteiger partial charge in [0.1, 0.15) is 5.92 Å². The van der Waals surface area contributed by atoms with Crippen LogP contribution in [0.5, 0.6) is 0 Å². The fourth-order valence-electron chi connectivity index (χ4n) is 1.29. The second kappa shape index (κ2) is 3.28. The smallest absolute Gasteiger partial charge is 0.310 e. The summed E-state index contributed by atoms with van der Waals surface area (Å²) in [5.74, 6) is -1.89. The summed E-state index contributed by atoms with van der Waals surface area (Å²) in [5, 5.41) is 7.02. The monoisotopic (exact) mass is 212 g/mol. The molecule has 1 aliphatic rings. The molecule has 0 aromatic heterocycles. The number of aliphatic carboxylic acids is 1. The highest BCUT2D eigenvalue weighted by molar-refractivity contribution is 8.00. The van der Waals surface area contributed by atoms with Crippen molar-refractivity contribution in [2.24, 2.45) is 5.92 Å². The lowest BCUT2D eigenvalue weighted by Gasteiger charge is -2.04. The van der Waals surface area contributed by atoms with Crippen molar-refractivity contribution in [1.82, 2.24) is 0 Å². The van der Waals surface area contributed by atoms with Crippen LogP contribution < -0.4 is 0 Å². The van der Waals surface area contributed by atoms with Crippen molar-refractivity contribution in [3.05, 3.63) is 30.3 Å². The molecule has 0 spiro atoms. The van der Waals surface area contributed by atoms with Crippen molar-refractivity contribution in [3.63, 3.8) is 0 Å². The van der Waals surface area contributed by atoms with Gasteiger partial charge in [-0.3, -0.25) is 4.79 Å². The van der Waals surface area contributed by atoms with Gasteiger partial charge in [-0.15, -0.1) is 0 Å². The average Bonchev–Trinajstić information content (AvgIpc) is 2.79. The number of thioether (sulfide) groups is 1. The van der Waals surface area contributed by atoms with Crippen LogP contribution in [0.25, 0.3) is 0 Å². The Morgan fingerprint density at radius 1 is 1.50 bits per heavy atom. The number of carboxylic acid groups (broad SMARTS) is 1. The maximum absolute atomic E-state index is 13.7. The van der Waals surface area contributed by atoms with Crippen LogP contribution in [0.2, 0.25) is 0 Å². The van der Waals surface area contributed by atoms with Crippen LogP contribution >= 0.6 is 11.8 Å². The number of hydrogen-bond donors (Lipinski definition) is 1. The van der Waals surface area contributed by atoms with Crippen molar-refractivity contribution in [2.45, 2.75) is 16.3 Å². The lowest BCUT2D eigenvalue weighted by Crippen LogP contribution is -2.07. The molecule has 0 bridgehead atoms. The Balaban J connectivity index is 2.04. The summed E-state index contributed by atoms with van der Waals surface area (Å²) in [6.07, 6.45) is 0.113. The molecule has 0 amide bonds. The first kappa shape index (κ1) is 9.52. The van der Waals surface area contributed by atoms with Crippen molar-refractivity contribution in [3.8, 4) is 0 Å². The van der Waals surface area contributed by atoms with Crippen molar-refractivity contribution in [1.29, 1.82) is 0 Å². The van der Waals surface area contributed by atoms with Gasteiger partial charge in [-0.05, 0) is 12.1 Å². The van der Waals surface area contributed by atoms with Gasteiger partial charge in [0.05, 0.1) is 0 Å². The first-order valence-corrected chi connectivity index (χ1v) is 5.09. The van der Waals surface area contributed by atoms with Gasteiger partial charge in [0.25, 0.3) is 0 Å². The molecule has 1 aromatic carbocycles. The number of carboxylic acids is 1. The molecule has 0 saturated heterocycles. The fraction of sp³-hybridized carbons (Fsp3) is 0.300. The van der Waals surface area contributed by atoms with Crippen LogP contribution in [0.4, 0.5) is 4.39 Å². The van der Waals surface area contributed by atoms with Crippen LogP contribution in [0.1, 0.15) is 6.42 Å². The third-order valence-electron chi connectivity index (χ3n) is 2.17. The Hall–Kier alpha value is -1.03. The molecule has 0 heterocycles. The van der Waals surface area contributed by atoms with Crippen LogP contribution in [0, 0.1) is 5.92 Å². The number of hydrogen-bond acceptors (Lipinski definition) is 2. The highest BCUT2D eigenvalue weighted by Crippen LogP contribution is 2.58. The second-order valence-corrected chi connectivity index (χ2v) is 4.65. The SMILES string of the molecule is O=C(O)C1CC1(F)Sc1ccccc1. The highest BCUT2D eigenvalue weighted by Gasteiger charge is 2.61. The molecular formula is C10H9FO2S. The second-order valence-electron chi connectivity index (χ2n) is 3.30. The van der Waals surface area contributed by atoms with E-state index in [2.05, 4.69) is 0 Å². The van der Waals surface area contributed by atoms with Crippen LogP contribution in [-0.4, -0.2) is 16.1 Å². The molecule has 2 atom stereocenters. The Morgan fingerprint density at radius 3 is 2.64 bits per heavy atom. The summed E-state index contributed by atoms with van der Waals surface area (Å²) >= 11 is 1.00. The molecule has 1 N–H and O–H groups in total. The Bertz CT molecular complexity index is 354. The van der Waals surface area contributed by atoms with Gasteiger partial charge in [0.15, 0.2) is 5.00 Å². The van der Waals surface area contributed by atoms with E-state index in [4.69, 9.17) is 5.11 Å². The van der Waals surface area contributed by atoms with Gasteiger partial charge in [-0.2, -0.15) is 0 Å². The molecule has 2 nitrogen and oxygen atoms in total. The van der Waals surface area contributed by atoms with Gasteiger partial charge in [0, 0.05) is 11.3 Å². The van der Waals surface area contributed by atoms with E-state index >= 15 is 0 Å². The average molecular weight is 212 g/mol. The Labute approximate surface area is 85.1 Å². The van der Waals surface area contributed by atoms with Gasteiger partial charge in [0.2, 0.25) is 0 Å². The van der Waals surface area contributed by atoms with Crippen molar-refractivity contribution < 1.29 is 14.3 Å². The third kappa shape index (κ3) is 1.75. The quantitative estimate of drug-likeness (QED) is 0.836. The Kier molecular flexibility index (Phi) is 2.23. The summed E-state index contributed by atoms with van der Waals surface area (Å²) < 4.78 is 13.7. The summed E-state index contributed by atoms with van der Waals surface area (Å²) in [6, 6.07) is 9.02. The maximum atomic E-state index is 13.7. The van der Waals surface area contributed by atoms with Crippen molar-refractivity contribution >= 4 is 17.7 Å². The van der Waals surface area contributed by atoms with Crippen LogP contribution in [-0.2, 0) is 4.79 Å². The molecular weight excluding hydrogens is 203 g/mol. The summed E-state index contributed by atoms with van der Waals surface area (Å²) in [7, 11) is 0. The van der Waals surface area contributed by atoms with E-state index in [9.17, 15) is 9.18 Å². The largest absolute Gasteiger partial charge is 0.481 e. The van der Waals surface area contributed by atoms with E-state index in [-0.39, 0.29) is 6.42 Å². The third-order valence-corrected chi connectivity index (χ3v) is 3.47. The molecule has 14 heavy (non-hydrogen) atoms.